The number of carboxylic acid groups (broad SMARTS) is 1. The number of aromatic carboxylic acids is 1. The highest BCUT2D eigenvalue weighted by molar-refractivity contribution is 9.10. The van der Waals surface area contributed by atoms with Gasteiger partial charge in [-0.25, -0.2) is 13.2 Å². The van der Waals surface area contributed by atoms with E-state index in [0.717, 1.165) is 6.07 Å². The van der Waals surface area contributed by atoms with Gasteiger partial charge in [0.15, 0.2) is 0 Å². The molecule has 1 heterocycles. The van der Waals surface area contributed by atoms with Gasteiger partial charge in [0.2, 0.25) is 0 Å². The molecule has 0 unspecified atom stereocenters. The number of hydrogen-bond donors (Lipinski definition) is 2. The molecule has 0 aliphatic heterocycles. The van der Waals surface area contributed by atoms with Crippen molar-refractivity contribution in [2.45, 2.75) is 11.8 Å². The van der Waals surface area contributed by atoms with Crippen molar-refractivity contribution in [3.05, 3.63) is 52.3 Å². The average Bonchev–Trinajstić information content (AvgIpc) is 2.41. The minimum absolute atomic E-state index is 0.0777. The quantitative estimate of drug-likeness (QED) is 0.862. The minimum atomic E-state index is -3.89. The fraction of sp³-hybridized carbons (Fsp3) is 0.0769. The summed E-state index contributed by atoms with van der Waals surface area (Å²) in [5, 5.41) is 8.97. The fourth-order valence-electron chi connectivity index (χ4n) is 1.68. The molecular weight excluding hydrogens is 360 g/mol. The van der Waals surface area contributed by atoms with Crippen LogP contribution >= 0.6 is 15.9 Å². The molecule has 2 rings (SSSR count). The van der Waals surface area contributed by atoms with Crippen molar-refractivity contribution in [3.63, 3.8) is 0 Å². The van der Waals surface area contributed by atoms with Gasteiger partial charge in [-0.2, -0.15) is 0 Å². The lowest BCUT2D eigenvalue weighted by molar-refractivity contribution is 0.0696. The van der Waals surface area contributed by atoms with E-state index in [0.29, 0.717) is 15.7 Å². The zero-order valence-corrected chi connectivity index (χ0v) is 13.3. The van der Waals surface area contributed by atoms with Crippen LogP contribution < -0.4 is 4.72 Å². The molecule has 8 heteroatoms. The zero-order chi connectivity index (χ0) is 15.6. The third-order valence-electron chi connectivity index (χ3n) is 2.74. The van der Waals surface area contributed by atoms with E-state index in [1.165, 1.54) is 30.6 Å². The van der Waals surface area contributed by atoms with E-state index >= 15 is 0 Å². The number of anilines is 1. The topological polar surface area (TPSA) is 96.4 Å². The Labute approximate surface area is 130 Å². The van der Waals surface area contributed by atoms with E-state index in [9.17, 15) is 13.2 Å². The normalized spacial score (nSPS) is 11.1. The molecular formula is C13H11BrN2O4S. The van der Waals surface area contributed by atoms with E-state index in [4.69, 9.17) is 5.11 Å². The van der Waals surface area contributed by atoms with Crippen molar-refractivity contribution in [1.82, 2.24) is 4.98 Å². The Morgan fingerprint density at radius 1 is 1.33 bits per heavy atom. The smallest absolute Gasteiger partial charge is 0.335 e. The molecule has 1 aromatic heterocycles. The molecule has 2 N–H and O–H groups in total. The maximum atomic E-state index is 12.4. The van der Waals surface area contributed by atoms with Crippen LogP contribution in [0.15, 0.2) is 46.0 Å². The van der Waals surface area contributed by atoms with Gasteiger partial charge in [0.05, 0.1) is 20.6 Å². The molecule has 0 saturated carbocycles. The summed E-state index contributed by atoms with van der Waals surface area (Å²) >= 11 is 3.19. The highest BCUT2D eigenvalue weighted by atomic mass is 79.9. The molecule has 6 nitrogen and oxygen atoms in total. The van der Waals surface area contributed by atoms with Crippen molar-refractivity contribution in [2.24, 2.45) is 0 Å². The van der Waals surface area contributed by atoms with Gasteiger partial charge in [0.1, 0.15) is 0 Å². The Morgan fingerprint density at radius 3 is 2.67 bits per heavy atom. The number of sulfonamides is 1. The molecule has 110 valence electrons. The van der Waals surface area contributed by atoms with Crippen molar-refractivity contribution in [1.29, 1.82) is 0 Å². The lowest BCUT2D eigenvalue weighted by atomic mass is 10.1. The molecule has 21 heavy (non-hydrogen) atoms. The van der Waals surface area contributed by atoms with Crippen molar-refractivity contribution in [2.75, 3.05) is 4.72 Å². The number of pyridine rings is 1. The standard InChI is InChI=1S/C13H11BrN2O4S/c1-8-2-3-9(13(17)18)6-12(8)21(19,20)16-11-4-5-15-7-10(11)14/h2-7H,1H3,(H,15,16)(H,17,18). The van der Waals surface area contributed by atoms with Gasteiger partial charge in [-0.15, -0.1) is 0 Å². The van der Waals surface area contributed by atoms with Crippen LogP contribution in [0.3, 0.4) is 0 Å². The number of aryl methyl sites for hydroxylation is 1. The molecule has 0 radical (unpaired) electrons. The number of nitrogens with one attached hydrogen (secondary N) is 1. The number of carbonyl (C=O) groups is 1. The lowest BCUT2D eigenvalue weighted by Gasteiger charge is -2.12. The Bertz CT molecular complexity index is 806. The molecule has 0 bridgehead atoms. The van der Waals surface area contributed by atoms with Crippen LogP contribution in [0.25, 0.3) is 0 Å². The largest absolute Gasteiger partial charge is 0.478 e. The number of rotatable bonds is 4. The van der Waals surface area contributed by atoms with E-state index in [1.54, 1.807) is 6.92 Å². The van der Waals surface area contributed by atoms with Crippen molar-refractivity contribution < 1.29 is 18.3 Å². The predicted octanol–water partition coefficient (Wildman–Crippen LogP) is 2.65. The summed E-state index contributed by atoms with van der Waals surface area (Å²) < 4.78 is 27.7. The third-order valence-corrected chi connectivity index (χ3v) is 4.88. The first-order valence-corrected chi connectivity index (χ1v) is 8.05. The first-order chi connectivity index (χ1) is 9.81. The maximum Gasteiger partial charge on any atom is 0.335 e. The monoisotopic (exact) mass is 370 g/mol. The van der Waals surface area contributed by atoms with Crippen LogP contribution in [0.1, 0.15) is 15.9 Å². The minimum Gasteiger partial charge on any atom is -0.478 e. The number of carboxylic acids is 1. The summed E-state index contributed by atoms with van der Waals surface area (Å²) in [6, 6.07) is 5.45. The molecule has 0 atom stereocenters. The number of hydrogen-bond acceptors (Lipinski definition) is 4. The van der Waals surface area contributed by atoms with Crippen LogP contribution in [0.2, 0.25) is 0 Å². The second-order valence-electron chi connectivity index (χ2n) is 4.25. The first kappa shape index (κ1) is 15.5. The van der Waals surface area contributed by atoms with Crippen LogP contribution in [-0.2, 0) is 10.0 Å². The summed E-state index contributed by atoms with van der Waals surface area (Å²) in [7, 11) is -3.89. The van der Waals surface area contributed by atoms with Gasteiger partial charge in [0, 0.05) is 12.4 Å². The van der Waals surface area contributed by atoms with E-state index in [2.05, 4.69) is 25.6 Å². The van der Waals surface area contributed by atoms with Crippen LogP contribution in [0.5, 0.6) is 0 Å². The molecule has 0 saturated heterocycles. The summed E-state index contributed by atoms with van der Waals surface area (Å²) in [4.78, 5) is 14.7. The molecule has 0 spiro atoms. The van der Waals surface area contributed by atoms with Gasteiger partial charge in [-0.1, -0.05) is 6.07 Å². The molecule has 1 aromatic carbocycles. The summed E-state index contributed by atoms with van der Waals surface area (Å²) in [5.74, 6) is -1.18. The van der Waals surface area contributed by atoms with Gasteiger partial charge >= 0.3 is 5.97 Å². The molecule has 0 amide bonds. The Balaban J connectivity index is 2.47. The van der Waals surface area contributed by atoms with E-state index in [1.807, 2.05) is 0 Å². The second-order valence-corrected chi connectivity index (χ2v) is 6.75. The Morgan fingerprint density at radius 2 is 2.05 bits per heavy atom. The maximum absolute atomic E-state index is 12.4. The van der Waals surface area contributed by atoms with E-state index in [-0.39, 0.29) is 10.5 Å². The summed E-state index contributed by atoms with van der Waals surface area (Å²) in [6.45, 7) is 1.60. The highest BCUT2D eigenvalue weighted by Crippen LogP contribution is 2.25. The van der Waals surface area contributed by atoms with Crippen molar-refractivity contribution >= 4 is 37.6 Å². The Hall–Kier alpha value is -1.93. The van der Waals surface area contributed by atoms with Crippen LogP contribution in [-0.4, -0.2) is 24.5 Å². The SMILES string of the molecule is Cc1ccc(C(=O)O)cc1S(=O)(=O)Nc1ccncc1Br. The summed E-state index contributed by atoms with van der Waals surface area (Å²) in [6.07, 6.45) is 2.90. The van der Waals surface area contributed by atoms with Crippen LogP contribution in [0, 0.1) is 6.92 Å². The molecule has 0 fully saturated rings. The number of nitrogens with zero attached hydrogens (tertiary/aromatic N) is 1. The Kier molecular flexibility index (Phi) is 4.29. The first-order valence-electron chi connectivity index (χ1n) is 5.77. The van der Waals surface area contributed by atoms with Gasteiger partial charge in [-0.05, 0) is 46.6 Å². The summed E-state index contributed by atoms with van der Waals surface area (Å²) in [5.41, 5.74) is 0.692. The number of aromatic nitrogens is 1. The van der Waals surface area contributed by atoms with Gasteiger partial charge in [-0.3, -0.25) is 9.71 Å². The molecule has 0 aliphatic rings. The van der Waals surface area contributed by atoms with Gasteiger partial charge in [0.25, 0.3) is 10.0 Å². The van der Waals surface area contributed by atoms with Crippen LogP contribution in [0.4, 0.5) is 5.69 Å². The number of halogens is 1. The molecule has 2 aromatic rings. The van der Waals surface area contributed by atoms with Crippen molar-refractivity contribution in [3.8, 4) is 0 Å². The highest BCUT2D eigenvalue weighted by Gasteiger charge is 2.20. The molecule has 0 aliphatic carbocycles. The third kappa shape index (κ3) is 3.40. The zero-order valence-electron chi connectivity index (χ0n) is 10.9. The average molecular weight is 371 g/mol. The number of benzene rings is 1. The lowest BCUT2D eigenvalue weighted by Crippen LogP contribution is -2.15. The second kappa shape index (κ2) is 5.82. The van der Waals surface area contributed by atoms with Gasteiger partial charge < -0.3 is 5.11 Å². The fourth-order valence-corrected chi connectivity index (χ4v) is 3.51. The van der Waals surface area contributed by atoms with E-state index < -0.39 is 16.0 Å². The predicted molar refractivity (Wildman–Crippen MR) is 80.9 cm³/mol.